The number of ether oxygens (including phenoxy) is 2. The third kappa shape index (κ3) is 30.4. The Kier molecular flexibility index (Phi) is 32.4. The highest BCUT2D eigenvalue weighted by atomic mass is 16.6. The Labute approximate surface area is 265 Å². The van der Waals surface area contributed by atoms with E-state index in [9.17, 15) is 14.7 Å². The molecule has 0 aromatic heterocycles. The van der Waals surface area contributed by atoms with Gasteiger partial charge in [-0.15, -0.1) is 0 Å². The number of unbranched alkanes of at least 4 members (excludes halogenated alkanes) is 22. The summed E-state index contributed by atoms with van der Waals surface area (Å²) in [7, 11) is 0. The van der Waals surface area contributed by atoms with E-state index < -0.39 is 24.8 Å². The monoisotopic (exact) mass is 611 g/mol. The van der Waals surface area contributed by atoms with E-state index in [0.717, 1.165) is 51.4 Å². The van der Waals surface area contributed by atoms with E-state index in [-0.39, 0.29) is 12.6 Å². The van der Waals surface area contributed by atoms with Crippen LogP contribution in [0.5, 0.6) is 0 Å². The number of hydrogen-bond acceptors (Lipinski definition) is 6. The first-order valence-electron chi connectivity index (χ1n) is 18.3. The number of aliphatic hydroxyl groups excluding tert-OH is 2. The van der Waals surface area contributed by atoms with Crippen molar-refractivity contribution in [2.75, 3.05) is 13.2 Å². The van der Waals surface area contributed by atoms with Gasteiger partial charge in [0.2, 0.25) is 0 Å². The molecule has 2 atom stereocenters. The van der Waals surface area contributed by atoms with Crippen LogP contribution in [0.1, 0.15) is 187 Å². The maximum absolute atomic E-state index is 12.6. The van der Waals surface area contributed by atoms with Gasteiger partial charge in [-0.2, -0.15) is 0 Å². The van der Waals surface area contributed by atoms with Gasteiger partial charge in [0.05, 0.1) is 6.61 Å². The third-order valence-corrected chi connectivity index (χ3v) is 8.13. The zero-order valence-electron chi connectivity index (χ0n) is 28.3. The minimum atomic E-state index is -1.12. The number of hydrogen-bond donors (Lipinski definition) is 2. The highest BCUT2D eigenvalue weighted by Crippen LogP contribution is 2.16. The van der Waals surface area contributed by atoms with Crippen LogP contribution < -0.4 is 0 Å². The molecule has 254 valence electrons. The van der Waals surface area contributed by atoms with Crippen LogP contribution in [0, 0.1) is 0 Å². The molecule has 0 rings (SSSR count). The smallest absolute Gasteiger partial charge is 0.347 e. The lowest BCUT2D eigenvalue weighted by Crippen LogP contribution is -2.32. The summed E-state index contributed by atoms with van der Waals surface area (Å²) in [6.45, 7) is 3.72. The fourth-order valence-corrected chi connectivity index (χ4v) is 5.28. The molecule has 0 heterocycles. The molecule has 43 heavy (non-hydrogen) atoms. The predicted molar refractivity (Wildman–Crippen MR) is 179 cm³/mol. The maximum Gasteiger partial charge on any atom is 0.347 e. The summed E-state index contributed by atoms with van der Waals surface area (Å²) in [6, 6.07) is 0. The standard InChI is InChI=1S/C37H70O6/c1-3-5-7-9-11-13-15-17-19-20-22-24-26-28-30-35(37(41)42-33-34(39)32-38)43-36(40)31-29-27-25-23-21-18-16-14-12-10-8-6-4-2/h17,19,34-35,38-39H,3-16,18,20-33H2,1-2H3/b19-17-. The van der Waals surface area contributed by atoms with Crippen LogP contribution in [-0.4, -0.2) is 47.6 Å². The van der Waals surface area contributed by atoms with Gasteiger partial charge in [0.15, 0.2) is 6.10 Å². The SMILES string of the molecule is CCCCCCCC/C=C\CCCCCCC(OC(=O)CCCCCCCCCCCCCCC)C(=O)OCC(O)CO. The van der Waals surface area contributed by atoms with E-state index >= 15 is 0 Å². The van der Waals surface area contributed by atoms with Crippen LogP contribution in [0.4, 0.5) is 0 Å². The lowest BCUT2D eigenvalue weighted by Gasteiger charge is -2.18. The van der Waals surface area contributed by atoms with Crippen molar-refractivity contribution >= 4 is 11.9 Å². The van der Waals surface area contributed by atoms with E-state index in [1.54, 1.807) is 0 Å². The molecule has 2 unspecified atom stereocenters. The Morgan fingerprint density at radius 2 is 1.02 bits per heavy atom. The van der Waals surface area contributed by atoms with Gasteiger partial charge in [0.25, 0.3) is 0 Å². The topological polar surface area (TPSA) is 93.1 Å². The molecule has 0 aliphatic carbocycles. The number of aliphatic hydroxyl groups is 2. The van der Waals surface area contributed by atoms with E-state index in [1.807, 2.05) is 0 Å². The van der Waals surface area contributed by atoms with Crippen LogP contribution in [0.15, 0.2) is 12.2 Å². The minimum absolute atomic E-state index is 0.298. The van der Waals surface area contributed by atoms with Crippen LogP contribution in [0.25, 0.3) is 0 Å². The van der Waals surface area contributed by atoms with Crippen molar-refractivity contribution in [2.24, 2.45) is 0 Å². The number of carbonyl (C=O) groups is 2. The van der Waals surface area contributed by atoms with Crippen molar-refractivity contribution in [1.29, 1.82) is 0 Å². The van der Waals surface area contributed by atoms with Gasteiger partial charge in [-0.05, 0) is 44.9 Å². The summed E-state index contributed by atoms with van der Waals surface area (Å²) < 4.78 is 10.6. The molecular formula is C37H70O6. The molecular weight excluding hydrogens is 540 g/mol. The lowest BCUT2D eigenvalue weighted by atomic mass is 10.0. The van der Waals surface area contributed by atoms with Gasteiger partial charge in [0.1, 0.15) is 12.7 Å². The molecule has 6 heteroatoms. The van der Waals surface area contributed by atoms with Gasteiger partial charge in [-0.25, -0.2) is 4.79 Å². The highest BCUT2D eigenvalue weighted by molar-refractivity contribution is 5.79. The summed E-state index contributed by atoms with van der Waals surface area (Å²) in [4.78, 5) is 25.0. The molecule has 0 bridgehead atoms. The Morgan fingerprint density at radius 3 is 1.49 bits per heavy atom. The quantitative estimate of drug-likeness (QED) is 0.0436. The van der Waals surface area contributed by atoms with Crippen molar-refractivity contribution in [3.63, 3.8) is 0 Å². The molecule has 0 saturated heterocycles. The second-order valence-electron chi connectivity index (χ2n) is 12.5. The zero-order valence-corrected chi connectivity index (χ0v) is 28.3. The molecule has 0 saturated carbocycles. The number of allylic oxidation sites excluding steroid dienone is 2. The molecule has 6 nitrogen and oxygen atoms in total. The van der Waals surface area contributed by atoms with Gasteiger partial charge in [-0.3, -0.25) is 4.79 Å². The first kappa shape index (κ1) is 41.6. The van der Waals surface area contributed by atoms with Gasteiger partial charge in [0, 0.05) is 6.42 Å². The Hall–Kier alpha value is -1.40. The normalized spacial score (nSPS) is 12.9. The first-order valence-corrected chi connectivity index (χ1v) is 18.3. The summed E-state index contributed by atoms with van der Waals surface area (Å²) in [5, 5.41) is 18.5. The molecule has 0 radical (unpaired) electrons. The maximum atomic E-state index is 12.6. The van der Waals surface area contributed by atoms with Crippen molar-refractivity contribution in [1.82, 2.24) is 0 Å². The van der Waals surface area contributed by atoms with Crippen molar-refractivity contribution in [3.05, 3.63) is 12.2 Å². The van der Waals surface area contributed by atoms with Gasteiger partial charge in [-0.1, -0.05) is 148 Å². The second kappa shape index (κ2) is 33.5. The summed E-state index contributed by atoms with van der Waals surface area (Å²) >= 11 is 0. The average molecular weight is 611 g/mol. The van der Waals surface area contributed by atoms with E-state index in [4.69, 9.17) is 14.6 Å². The Balaban J connectivity index is 4.07. The third-order valence-electron chi connectivity index (χ3n) is 8.13. The molecule has 0 amide bonds. The fourth-order valence-electron chi connectivity index (χ4n) is 5.28. The summed E-state index contributed by atoms with van der Waals surface area (Å²) in [5.74, 6) is -0.993. The second-order valence-corrected chi connectivity index (χ2v) is 12.5. The molecule has 0 aromatic rings. The van der Waals surface area contributed by atoms with Gasteiger partial charge < -0.3 is 19.7 Å². The summed E-state index contributed by atoms with van der Waals surface area (Å²) in [5.41, 5.74) is 0. The molecule has 0 aliphatic heterocycles. The lowest BCUT2D eigenvalue weighted by molar-refractivity contribution is -0.170. The van der Waals surface area contributed by atoms with Crippen molar-refractivity contribution < 1.29 is 29.3 Å². The van der Waals surface area contributed by atoms with Crippen LogP contribution in [-0.2, 0) is 19.1 Å². The van der Waals surface area contributed by atoms with E-state index in [2.05, 4.69) is 26.0 Å². The molecule has 0 aliphatic rings. The average Bonchev–Trinajstić information content (AvgIpc) is 3.01. The summed E-state index contributed by atoms with van der Waals surface area (Å²) in [6.07, 6.45) is 33.6. The molecule has 2 N–H and O–H groups in total. The first-order chi connectivity index (χ1) is 21.0. The van der Waals surface area contributed by atoms with Crippen LogP contribution >= 0.6 is 0 Å². The number of carbonyl (C=O) groups excluding carboxylic acids is 2. The van der Waals surface area contributed by atoms with E-state index in [0.29, 0.717) is 12.8 Å². The largest absolute Gasteiger partial charge is 0.460 e. The van der Waals surface area contributed by atoms with E-state index in [1.165, 1.54) is 109 Å². The zero-order chi connectivity index (χ0) is 31.6. The van der Waals surface area contributed by atoms with Gasteiger partial charge >= 0.3 is 11.9 Å². The Morgan fingerprint density at radius 1 is 0.605 bits per heavy atom. The molecule has 0 fully saturated rings. The number of rotatable bonds is 33. The molecule has 0 aromatic carbocycles. The fraction of sp³-hybridized carbons (Fsp3) is 0.892. The van der Waals surface area contributed by atoms with Crippen LogP contribution in [0.3, 0.4) is 0 Å². The van der Waals surface area contributed by atoms with Crippen LogP contribution in [0.2, 0.25) is 0 Å². The minimum Gasteiger partial charge on any atom is -0.460 e. The Bertz CT molecular complexity index is 635. The molecule has 0 spiro atoms. The predicted octanol–water partition coefficient (Wildman–Crippen LogP) is 9.92. The van der Waals surface area contributed by atoms with Crippen molar-refractivity contribution in [2.45, 2.75) is 199 Å². The number of esters is 2. The highest BCUT2D eigenvalue weighted by Gasteiger charge is 2.24. The van der Waals surface area contributed by atoms with Crippen molar-refractivity contribution in [3.8, 4) is 0 Å².